The molecule has 1 aromatic rings. The van der Waals surface area contributed by atoms with Crippen molar-refractivity contribution in [3.05, 3.63) is 23.8 Å². The first-order chi connectivity index (χ1) is 8.68. The lowest BCUT2D eigenvalue weighted by Crippen LogP contribution is -2.49. The van der Waals surface area contributed by atoms with Gasteiger partial charge in [0.05, 0.1) is 40.0 Å². The Labute approximate surface area is 118 Å². The van der Waals surface area contributed by atoms with E-state index < -0.39 is 8.07 Å². The van der Waals surface area contributed by atoms with Crippen LogP contribution >= 0.6 is 0 Å². The largest absolute Gasteiger partial charge is 0.493 e. The molecule has 1 rings (SSSR count). The zero-order valence-corrected chi connectivity index (χ0v) is 14.4. The van der Waals surface area contributed by atoms with Crippen molar-refractivity contribution in [3.8, 4) is 11.5 Å². The maximum absolute atomic E-state index is 5.52. The first-order valence-corrected chi connectivity index (χ1v) is 10.4. The van der Waals surface area contributed by atoms with Crippen LogP contribution in [0, 0.1) is 0 Å². The Kier molecular flexibility index (Phi) is 5.04. The van der Waals surface area contributed by atoms with E-state index >= 15 is 0 Å². The van der Waals surface area contributed by atoms with Crippen LogP contribution in [-0.2, 0) is 6.54 Å². The standard InChI is InChI=1S/C15H28NO2Si/c1-16(2,12-19(5,6)7)11-13-9-8-10-14(17-3)15(13)18-4/h8-10H,11-12H2,1-7H3/q+1. The normalized spacial score (nSPS) is 12.4. The van der Waals surface area contributed by atoms with Gasteiger partial charge < -0.3 is 14.0 Å². The van der Waals surface area contributed by atoms with Gasteiger partial charge >= 0.3 is 0 Å². The predicted molar refractivity (Wildman–Crippen MR) is 83.6 cm³/mol. The van der Waals surface area contributed by atoms with Crippen LogP contribution in [0.4, 0.5) is 0 Å². The zero-order valence-electron chi connectivity index (χ0n) is 13.4. The molecule has 0 radical (unpaired) electrons. The summed E-state index contributed by atoms with van der Waals surface area (Å²) in [6.45, 7) is 8.20. The highest BCUT2D eigenvalue weighted by atomic mass is 28.3. The Morgan fingerprint density at radius 3 is 2.16 bits per heavy atom. The molecule has 0 saturated heterocycles. The van der Waals surface area contributed by atoms with Crippen molar-refractivity contribution in [1.82, 2.24) is 0 Å². The number of hydrogen-bond acceptors (Lipinski definition) is 2. The summed E-state index contributed by atoms with van der Waals surface area (Å²) >= 11 is 0. The molecule has 0 bridgehead atoms. The van der Waals surface area contributed by atoms with E-state index in [1.165, 1.54) is 11.7 Å². The number of ether oxygens (including phenoxy) is 2. The van der Waals surface area contributed by atoms with Crippen molar-refractivity contribution in [2.75, 3.05) is 34.5 Å². The molecule has 0 aliphatic heterocycles. The van der Waals surface area contributed by atoms with Crippen LogP contribution in [-0.4, -0.2) is 47.0 Å². The summed E-state index contributed by atoms with van der Waals surface area (Å²) in [4.78, 5) is 0. The van der Waals surface area contributed by atoms with E-state index in [0.29, 0.717) is 0 Å². The lowest BCUT2D eigenvalue weighted by atomic mass is 10.1. The van der Waals surface area contributed by atoms with Gasteiger partial charge in [-0.1, -0.05) is 25.7 Å². The van der Waals surface area contributed by atoms with Crippen molar-refractivity contribution < 1.29 is 14.0 Å². The van der Waals surface area contributed by atoms with Gasteiger partial charge in [-0.2, -0.15) is 0 Å². The van der Waals surface area contributed by atoms with E-state index in [9.17, 15) is 0 Å². The summed E-state index contributed by atoms with van der Waals surface area (Å²) in [5.41, 5.74) is 1.21. The fourth-order valence-corrected chi connectivity index (χ4v) is 5.56. The van der Waals surface area contributed by atoms with Crippen LogP contribution in [0.15, 0.2) is 18.2 Å². The maximum atomic E-state index is 5.52. The van der Waals surface area contributed by atoms with Gasteiger partial charge in [0, 0.05) is 0 Å². The van der Waals surface area contributed by atoms with Gasteiger partial charge in [-0.25, -0.2) is 0 Å². The Balaban J connectivity index is 2.99. The minimum Gasteiger partial charge on any atom is -0.493 e. The lowest BCUT2D eigenvalue weighted by Gasteiger charge is -2.35. The quantitative estimate of drug-likeness (QED) is 0.589. The van der Waals surface area contributed by atoms with Gasteiger partial charge in [-0.05, 0) is 12.1 Å². The third kappa shape index (κ3) is 4.88. The summed E-state index contributed by atoms with van der Waals surface area (Å²) in [6.07, 6.45) is 1.24. The second-order valence-corrected chi connectivity index (χ2v) is 12.4. The van der Waals surface area contributed by atoms with Gasteiger partial charge in [0.2, 0.25) is 0 Å². The van der Waals surface area contributed by atoms with Crippen molar-refractivity contribution in [2.24, 2.45) is 0 Å². The third-order valence-electron chi connectivity index (χ3n) is 2.99. The van der Waals surface area contributed by atoms with Crippen molar-refractivity contribution >= 4 is 8.07 Å². The summed E-state index contributed by atoms with van der Waals surface area (Å²) < 4.78 is 11.9. The van der Waals surface area contributed by atoms with E-state index in [4.69, 9.17) is 9.47 Å². The Morgan fingerprint density at radius 2 is 1.68 bits per heavy atom. The van der Waals surface area contributed by atoms with Gasteiger partial charge in [-0.3, -0.25) is 0 Å². The average molecular weight is 282 g/mol. The Bertz CT molecular complexity index is 425. The fourth-order valence-electron chi connectivity index (χ4n) is 2.88. The number of para-hydroxylation sites is 1. The zero-order chi connectivity index (χ0) is 14.7. The van der Waals surface area contributed by atoms with E-state index in [0.717, 1.165) is 22.5 Å². The maximum Gasteiger partial charge on any atom is 0.169 e. The monoisotopic (exact) mass is 282 g/mol. The van der Waals surface area contributed by atoms with Crippen LogP contribution in [0.2, 0.25) is 19.6 Å². The molecule has 4 heteroatoms. The van der Waals surface area contributed by atoms with Crippen LogP contribution in [0.25, 0.3) is 0 Å². The minimum atomic E-state index is -1.10. The molecule has 0 atom stereocenters. The topological polar surface area (TPSA) is 18.5 Å². The first-order valence-electron chi connectivity index (χ1n) is 6.70. The number of rotatable bonds is 6. The smallest absolute Gasteiger partial charge is 0.169 e. The van der Waals surface area contributed by atoms with Crippen LogP contribution in [0.3, 0.4) is 0 Å². The fraction of sp³-hybridized carbons (Fsp3) is 0.600. The number of methoxy groups -OCH3 is 2. The van der Waals surface area contributed by atoms with Crippen LogP contribution in [0.5, 0.6) is 11.5 Å². The van der Waals surface area contributed by atoms with E-state index in [-0.39, 0.29) is 0 Å². The van der Waals surface area contributed by atoms with Crippen LogP contribution in [0.1, 0.15) is 5.56 Å². The Morgan fingerprint density at radius 1 is 1.05 bits per heavy atom. The molecule has 19 heavy (non-hydrogen) atoms. The molecule has 1 aromatic carbocycles. The molecule has 0 saturated carbocycles. The van der Waals surface area contributed by atoms with Gasteiger partial charge in [0.25, 0.3) is 0 Å². The third-order valence-corrected chi connectivity index (χ3v) is 4.79. The van der Waals surface area contributed by atoms with E-state index in [2.05, 4.69) is 39.8 Å². The summed E-state index contributed by atoms with van der Waals surface area (Å²) in [7, 11) is 6.87. The second kappa shape index (κ2) is 5.97. The lowest BCUT2D eigenvalue weighted by molar-refractivity contribution is -0.894. The highest BCUT2D eigenvalue weighted by Crippen LogP contribution is 2.32. The predicted octanol–water partition coefficient (Wildman–Crippen LogP) is 3.16. The number of hydrogen-bond donors (Lipinski definition) is 0. The van der Waals surface area contributed by atoms with Gasteiger partial charge in [0.15, 0.2) is 11.5 Å². The van der Waals surface area contributed by atoms with Crippen molar-refractivity contribution in [3.63, 3.8) is 0 Å². The van der Waals surface area contributed by atoms with Crippen molar-refractivity contribution in [1.29, 1.82) is 0 Å². The van der Waals surface area contributed by atoms with Crippen molar-refractivity contribution in [2.45, 2.75) is 26.2 Å². The highest BCUT2D eigenvalue weighted by molar-refractivity contribution is 6.75. The minimum absolute atomic E-state index is 0.813. The van der Waals surface area contributed by atoms with Crippen LogP contribution < -0.4 is 9.47 Å². The van der Waals surface area contributed by atoms with Gasteiger partial charge in [-0.15, -0.1) is 0 Å². The average Bonchev–Trinajstić information content (AvgIpc) is 2.24. The van der Waals surface area contributed by atoms with Gasteiger partial charge in [0.1, 0.15) is 14.6 Å². The molecular weight excluding hydrogens is 254 g/mol. The highest BCUT2D eigenvalue weighted by Gasteiger charge is 2.28. The molecule has 0 spiro atoms. The molecule has 0 amide bonds. The number of nitrogens with zero attached hydrogens (tertiary/aromatic N) is 1. The number of benzene rings is 1. The molecule has 0 aliphatic carbocycles. The van der Waals surface area contributed by atoms with E-state index in [1.807, 2.05) is 12.1 Å². The molecule has 0 aliphatic rings. The molecule has 108 valence electrons. The molecule has 0 fully saturated rings. The molecule has 0 aromatic heterocycles. The Hall–Kier alpha value is -1.00. The first kappa shape index (κ1) is 16.1. The molecule has 3 nitrogen and oxygen atoms in total. The molecular formula is C15H28NO2Si+. The van der Waals surface area contributed by atoms with E-state index in [1.54, 1.807) is 14.2 Å². The summed E-state index contributed by atoms with van der Waals surface area (Å²) in [5, 5.41) is 0. The molecule has 0 N–H and O–H groups in total. The summed E-state index contributed by atoms with van der Waals surface area (Å²) in [6, 6.07) is 6.11. The molecule has 0 unspecified atom stereocenters. The summed E-state index contributed by atoms with van der Waals surface area (Å²) in [5.74, 6) is 1.68. The number of quaternary nitrogens is 1. The molecule has 0 heterocycles. The second-order valence-electron chi connectivity index (χ2n) is 6.97. The SMILES string of the molecule is COc1cccc(C[N+](C)(C)C[Si](C)(C)C)c1OC.